The summed E-state index contributed by atoms with van der Waals surface area (Å²) in [5, 5.41) is 22.9. The Morgan fingerprint density at radius 3 is 2.68 bits per heavy atom. The summed E-state index contributed by atoms with van der Waals surface area (Å²) in [6.45, 7) is 1.05. The Hall–Kier alpha value is -3.94. The Morgan fingerprint density at radius 1 is 0.964 bits per heavy atom. The Bertz CT molecular complexity index is 1190. The van der Waals surface area contributed by atoms with Gasteiger partial charge >= 0.3 is 0 Å². The van der Waals surface area contributed by atoms with E-state index in [1.54, 1.807) is 24.7 Å². The number of rotatable bonds is 3. The zero-order chi connectivity index (χ0) is 19.1. The van der Waals surface area contributed by atoms with Gasteiger partial charge in [0.1, 0.15) is 24.7 Å². The summed E-state index contributed by atoms with van der Waals surface area (Å²) >= 11 is 0. The van der Waals surface area contributed by atoms with Crippen molar-refractivity contribution in [2.75, 3.05) is 18.5 Å². The standard InChI is InChI=1S/C20H16N4O4/c25-14-3-1-12(9-15(14)26)19-20(24-6-5-21-11-18(24)23-19)22-13-2-4-16-17(10-13)28-8-7-27-16/h1-6,9-11,22,25-26H,7-8H2. The maximum atomic E-state index is 9.90. The zero-order valence-electron chi connectivity index (χ0n) is 14.7. The van der Waals surface area contributed by atoms with E-state index in [0.717, 1.165) is 5.69 Å². The summed E-state index contributed by atoms with van der Waals surface area (Å²) in [4.78, 5) is 8.75. The van der Waals surface area contributed by atoms with Gasteiger partial charge in [-0.15, -0.1) is 0 Å². The average molecular weight is 376 g/mol. The van der Waals surface area contributed by atoms with E-state index in [4.69, 9.17) is 9.47 Å². The predicted octanol–water partition coefficient (Wildman–Crippen LogP) is 3.32. The molecule has 3 heterocycles. The minimum Gasteiger partial charge on any atom is -0.504 e. The minimum absolute atomic E-state index is 0.185. The highest BCUT2D eigenvalue weighted by Crippen LogP contribution is 2.37. The molecule has 5 rings (SSSR count). The monoisotopic (exact) mass is 376 g/mol. The molecule has 2 aromatic carbocycles. The van der Waals surface area contributed by atoms with Gasteiger partial charge < -0.3 is 25.0 Å². The first-order valence-electron chi connectivity index (χ1n) is 8.70. The Balaban J connectivity index is 1.62. The van der Waals surface area contributed by atoms with Crippen LogP contribution in [0.5, 0.6) is 23.0 Å². The number of nitrogens with zero attached hydrogens (tertiary/aromatic N) is 3. The average Bonchev–Trinajstić information content (AvgIpc) is 3.08. The zero-order valence-corrected chi connectivity index (χ0v) is 14.7. The second-order valence-corrected chi connectivity index (χ2v) is 6.30. The second kappa shape index (κ2) is 6.34. The molecular formula is C20H16N4O4. The molecule has 28 heavy (non-hydrogen) atoms. The normalized spacial score (nSPS) is 12.9. The van der Waals surface area contributed by atoms with Crippen LogP contribution in [0, 0.1) is 0 Å². The molecule has 4 aromatic rings. The smallest absolute Gasteiger partial charge is 0.163 e. The number of phenols is 2. The fourth-order valence-corrected chi connectivity index (χ4v) is 3.16. The molecule has 0 bridgehead atoms. The van der Waals surface area contributed by atoms with Crippen molar-refractivity contribution in [1.82, 2.24) is 14.4 Å². The maximum absolute atomic E-state index is 9.90. The van der Waals surface area contributed by atoms with Gasteiger partial charge in [0.15, 0.2) is 28.6 Å². The SMILES string of the molecule is Oc1ccc(-c2nc3cnccn3c2Nc2ccc3c(c2)OCCO3)cc1O. The van der Waals surface area contributed by atoms with Crippen LogP contribution in [0.2, 0.25) is 0 Å². The first kappa shape index (κ1) is 16.2. The quantitative estimate of drug-likeness (QED) is 0.472. The van der Waals surface area contributed by atoms with Crippen molar-refractivity contribution in [2.24, 2.45) is 0 Å². The Morgan fingerprint density at radius 2 is 1.82 bits per heavy atom. The highest BCUT2D eigenvalue weighted by molar-refractivity contribution is 5.81. The van der Waals surface area contributed by atoms with Crippen molar-refractivity contribution in [3.63, 3.8) is 0 Å². The van der Waals surface area contributed by atoms with Crippen molar-refractivity contribution >= 4 is 17.2 Å². The summed E-state index contributed by atoms with van der Waals surface area (Å²) in [6.07, 6.45) is 5.12. The largest absolute Gasteiger partial charge is 0.504 e. The highest BCUT2D eigenvalue weighted by atomic mass is 16.6. The van der Waals surface area contributed by atoms with Crippen LogP contribution in [0.15, 0.2) is 55.0 Å². The number of aromatic hydroxyl groups is 2. The van der Waals surface area contributed by atoms with E-state index in [2.05, 4.69) is 15.3 Å². The van der Waals surface area contributed by atoms with Crippen molar-refractivity contribution in [3.8, 4) is 34.3 Å². The van der Waals surface area contributed by atoms with E-state index in [1.165, 1.54) is 12.1 Å². The molecule has 0 spiro atoms. The van der Waals surface area contributed by atoms with E-state index < -0.39 is 0 Å². The molecule has 0 fully saturated rings. The van der Waals surface area contributed by atoms with Gasteiger partial charge in [-0.05, 0) is 30.3 Å². The van der Waals surface area contributed by atoms with Crippen LogP contribution in [0.25, 0.3) is 16.9 Å². The fourth-order valence-electron chi connectivity index (χ4n) is 3.16. The fraction of sp³-hybridized carbons (Fsp3) is 0.100. The third-order valence-corrected chi connectivity index (χ3v) is 4.48. The summed E-state index contributed by atoms with van der Waals surface area (Å²) in [6, 6.07) is 10.2. The number of benzene rings is 2. The van der Waals surface area contributed by atoms with Gasteiger partial charge in [0, 0.05) is 29.7 Å². The summed E-state index contributed by atoms with van der Waals surface area (Å²) in [5.41, 5.74) is 2.70. The van der Waals surface area contributed by atoms with Gasteiger partial charge in [0.05, 0.1) is 6.20 Å². The van der Waals surface area contributed by atoms with Crippen LogP contribution in [0.3, 0.4) is 0 Å². The molecule has 0 saturated carbocycles. The lowest BCUT2D eigenvalue weighted by molar-refractivity contribution is 0.171. The summed E-state index contributed by atoms with van der Waals surface area (Å²) in [5.74, 6) is 1.69. The maximum Gasteiger partial charge on any atom is 0.163 e. The van der Waals surface area contributed by atoms with Crippen molar-refractivity contribution in [3.05, 3.63) is 55.0 Å². The molecule has 0 amide bonds. The van der Waals surface area contributed by atoms with Gasteiger partial charge in [-0.3, -0.25) is 9.38 Å². The molecule has 0 unspecified atom stereocenters. The number of imidazole rings is 1. The lowest BCUT2D eigenvalue weighted by Gasteiger charge is -2.19. The van der Waals surface area contributed by atoms with E-state index in [-0.39, 0.29) is 11.5 Å². The Labute approximate surface area is 159 Å². The number of hydrogen-bond acceptors (Lipinski definition) is 7. The molecule has 3 N–H and O–H groups in total. The van der Waals surface area contributed by atoms with E-state index in [9.17, 15) is 10.2 Å². The molecule has 8 nitrogen and oxygen atoms in total. The van der Waals surface area contributed by atoms with Crippen molar-refractivity contribution in [2.45, 2.75) is 0 Å². The van der Waals surface area contributed by atoms with Crippen LogP contribution in [0.1, 0.15) is 0 Å². The Kier molecular flexibility index (Phi) is 3.68. The molecule has 140 valence electrons. The van der Waals surface area contributed by atoms with Gasteiger partial charge in [0.25, 0.3) is 0 Å². The van der Waals surface area contributed by atoms with Gasteiger partial charge in [-0.25, -0.2) is 4.98 Å². The molecule has 8 heteroatoms. The lowest BCUT2D eigenvalue weighted by Crippen LogP contribution is -2.15. The lowest BCUT2D eigenvalue weighted by atomic mass is 10.1. The van der Waals surface area contributed by atoms with Gasteiger partial charge in [-0.2, -0.15) is 0 Å². The summed E-state index contributed by atoms with van der Waals surface area (Å²) < 4.78 is 13.1. The van der Waals surface area contributed by atoms with Crippen LogP contribution in [0.4, 0.5) is 11.5 Å². The first-order chi connectivity index (χ1) is 13.7. The molecular weight excluding hydrogens is 360 g/mol. The van der Waals surface area contributed by atoms with Crippen molar-refractivity contribution < 1.29 is 19.7 Å². The van der Waals surface area contributed by atoms with Gasteiger partial charge in [0.2, 0.25) is 0 Å². The number of anilines is 2. The molecule has 1 aliphatic rings. The molecule has 0 radical (unpaired) electrons. The first-order valence-corrected chi connectivity index (χ1v) is 8.70. The molecule has 0 atom stereocenters. The summed E-state index contributed by atoms with van der Waals surface area (Å²) in [7, 11) is 0. The highest BCUT2D eigenvalue weighted by Gasteiger charge is 2.17. The number of phenolic OH excluding ortho intramolecular Hbond substituents is 2. The van der Waals surface area contributed by atoms with Crippen LogP contribution < -0.4 is 14.8 Å². The number of hydrogen-bond donors (Lipinski definition) is 3. The van der Waals surface area contributed by atoms with E-state index >= 15 is 0 Å². The third kappa shape index (κ3) is 2.71. The van der Waals surface area contributed by atoms with E-state index in [0.29, 0.717) is 47.4 Å². The minimum atomic E-state index is -0.210. The van der Waals surface area contributed by atoms with E-state index in [1.807, 2.05) is 22.6 Å². The van der Waals surface area contributed by atoms with Crippen LogP contribution >= 0.6 is 0 Å². The molecule has 0 saturated heterocycles. The van der Waals surface area contributed by atoms with Crippen LogP contribution in [-0.4, -0.2) is 37.8 Å². The van der Waals surface area contributed by atoms with Crippen molar-refractivity contribution in [1.29, 1.82) is 0 Å². The molecule has 1 aliphatic heterocycles. The third-order valence-electron chi connectivity index (χ3n) is 4.48. The molecule has 0 aliphatic carbocycles. The topological polar surface area (TPSA) is 101 Å². The predicted molar refractivity (Wildman–Crippen MR) is 102 cm³/mol. The second-order valence-electron chi connectivity index (χ2n) is 6.30. The molecule has 2 aromatic heterocycles. The number of fused-ring (bicyclic) bond motifs is 2. The number of aromatic nitrogens is 3. The van der Waals surface area contributed by atoms with Gasteiger partial charge in [-0.1, -0.05) is 0 Å². The van der Waals surface area contributed by atoms with Crippen LogP contribution in [-0.2, 0) is 0 Å². The number of nitrogens with one attached hydrogen (secondary N) is 1. The number of ether oxygens (including phenoxy) is 2.